The van der Waals surface area contributed by atoms with Gasteiger partial charge in [-0.1, -0.05) is 0 Å². The Kier molecular flexibility index (Phi) is 6.66. The third-order valence-corrected chi connectivity index (χ3v) is 1.53. The number of halogens is 3. The van der Waals surface area contributed by atoms with Crippen LogP contribution >= 0.6 is 12.4 Å². The van der Waals surface area contributed by atoms with E-state index in [9.17, 15) is 8.78 Å². The van der Waals surface area contributed by atoms with Crippen molar-refractivity contribution >= 4 is 12.4 Å². The average Bonchev–Trinajstić information content (AvgIpc) is 2.17. The van der Waals surface area contributed by atoms with Gasteiger partial charge in [-0.25, -0.2) is 8.78 Å². The fraction of sp³-hybridized carbons (Fsp3) is 0.200. The second-order valence-corrected chi connectivity index (χ2v) is 2.63. The molecule has 0 aliphatic carbocycles. The number of nitrogens with two attached hydrogens (primary N) is 1. The Morgan fingerprint density at radius 3 is 2.47 bits per heavy atom. The average molecular weight is 236 g/mol. The highest BCUT2D eigenvalue weighted by atomic mass is 35.5. The van der Waals surface area contributed by atoms with E-state index in [0.717, 1.165) is 0 Å². The molecule has 1 aromatic carbocycles. The monoisotopic (exact) mass is 235 g/mol. The predicted molar refractivity (Wildman–Crippen MR) is 57.4 cm³/mol. The van der Waals surface area contributed by atoms with Crippen molar-refractivity contribution in [1.29, 1.82) is 0 Å². The van der Waals surface area contributed by atoms with E-state index in [1.165, 1.54) is 30.3 Å². The minimum atomic E-state index is -0.433. The van der Waals surface area contributed by atoms with Gasteiger partial charge in [-0.2, -0.15) is 0 Å². The number of rotatable bonds is 4. The largest absolute Gasteiger partial charge is 0.487 e. The lowest BCUT2D eigenvalue weighted by molar-refractivity contribution is 0.318. The Balaban J connectivity index is 0.00000196. The van der Waals surface area contributed by atoms with E-state index < -0.39 is 5.83 Å². The zero-order valence-electron chi connectivity index (χ0n) is 7.95. The summed E-state index contributed by atoms with van der Waals surface area (Å²) in [5.74, 6) is -0.362. The highest BCUT2D eigenvalue weighted by Gasteiger charge is 1.97. The summed E-state index contributed by atoms with van der Waals surface area (Å²) in [6, 6.07) is 5.37. The summed E-state index contributed by atoms with van der Waals surface area (Å²) >= 11 is 0. The van der Waals surface area contributed by atoms with Crippen molar-refractivity contribution in [1.82, 2.24) is 0 Å². The van der Waals surface area contributed by atoms with E-state index in [0.29, 0.717) is 5.75 Å². The first kappa shape index (κ1) is 13.9. The highest BCUT2D eigenvalue weighted by Crippen LogP contribution is 2.12. The van der Waals surface area contributed by atoms with Crippen LogP contribution in [0.3, 0.4) is 0 Å². The molecule has 0 heterocycles. The van der Waals surface area contributed by atoms with Crippen molar-refractivity contribution in [3.8, 4) is 5.75 Å². The minimum absolute atomic E-state index is 0. The topological polar surface area (TPSA) is 35.2 Å². The van der Waals surface area contributed by atoms with Crippen LogP contribution in [0.5, 0.6) is 5.75 Å². The molecular weight excluding hydrogens is 224 g/mol. The number of hydrogen-bond donors (Lipinski definition) is 1. The molecule has 2 nitrogen and oxygen atoms in total. The molecule has 0 aliphatic rings. The molecule has 0 spiro atoms. The summed E-state index contributed by atoms with van der Waals surface area (Å²) in [5.41, 5.74) is 5.10. The maximum absolute atomic E-state index is 12.8. The van der Waals surface area contributed by atoms with Crippen LogP contribution < -0.4 is 10.5 Å². The van der Waals surface area contributed by atoms with Gasteiger partial charge in [-0.05, 0) is 30.3 Å². The molecule has 0 saturated heterocycles. The summed E-state index contributed by atoms with van der Waals surface area (Å²) in [5, 5.41) is 0. The SMILES string of the molecule is Cl.NC/C=C(/F)COc1ccc(F)cc1. The first-order valence-corrected chi connectivity index (χ1v) is 4.15. The maximum atomic E-state index is 12.8. The van der Waals surface area contributed by atoms with E-state index in [1.54, 1.807) is 0 Å². The molecular formula is C10H12ClF2NO. The fourth-order valence-electron chi connectivity index (χ4n) is 0.870. The lowest BCUT2D eigenvalue weighted by atomic mass is 10.3. The van der Waals surface area contributed by atoms with Crippen LogP contribution in [0, 0.1) is 5.82 Å². The molecule has 15 heavy (non-hydrogen) atoms. The number of benzene rings is 1. The second-order valence-electron chi connectivity index (χ2n) is 2.63. The quantitative estimate of drug-likeness (QED) is 0.870. The summed E-state index contributed by atoms with van der Waals surface area (Å²) in [6.45, 7) is -0.0402. The molecule has 84 valence electrons. The highest BCUT2D eigenvalue weighted by molar-refractivity contribution is 5.85. The summed E-state index contributed by atoms with van der Waals surface area (Å²) in [7, 11) is 0. The zero-order chi connectivity index (χ0) is 10.4. The smallest absolute Gasteiger partial charge is 0.139 e. The van der Waals surface area contributed by atoms with Crippen LogP contribution in [-0.4, -0.2) is 13.2 Å². The Labute approximate surface area is 93.1 Å². The zero-order valence-corrected chi connectivity index (χ0v) is 8.77. The molecule has 0 unspecified atom stereocenters. The van der Waals surface area contributed by atoms with Crippen molar-refractivity contribution in [2.75, 3.05) is 13.2 Å². The number of ether oxygens (including phenoxy) is 1. The van der Waals surface area contributed by atoms with Crippen molar-refractivity contribution < 1.29 is 13.5 Å². The van der Waals surface area contributed by atoms with E-state index in [4.69, 9.17) is 10.5 Å². The Morgan fingerprint density at radius 1 is 1.33 bits per heavy atom. The van der Waals surface area contributed by atoms with Crippen molar-refractivity contribution in [3.05, 3.63) is 42.0 Å². The third kappa shape index (κ3) is 5.34. The van der Waals surface area contributed by atoms with E-state index in [2.05, 4.69) is 0 Å². The van der Waals surface area contributed by atoms with Gasteiger partial charge in [0.2, 0.25) is 0 Å². The van der Waals surface area contributed by atoms with Crippen LogP contribution in [0.4, 0.5) is 8.78 Å². The molecule has 0 fully saturated rings. The van der Waals surface area contributed by atoms with Crippen molar-refractivity contribution in [2.45, 2.75) is 0 Å². The summed E-state index contributed by atoms with van der Waals surface area (Å²) < 4.78 is 30.2. The van der Waals surface area contributed by atoms with Gasteiger partial charge < -0.3 is 10.5 Å². The minimum Gasteiger partial charge on any atom is -0.487 e. The first-order chi connectivity index (χ1) is 6.72. The molecule has 0 atom stereocenters. The van der Waals surface area contributed by atoms with E-state index in [-0.39, 0.29) is 31.4 Å². The van der Waals surface area contributed by atoms with Gasteiger partial charge in [0, 0.05) is 6.54 Å². The lowest BCUT2D eigenvalue weighted by Crippen LogP contribution is -2.01. The molecule has 0 bridgehead atoms. The van der Waals surface area contributed by atoms with Crippen LogP contribution in [0.25, 0.3) is 0 Å². The van der Waals surface area contributed by atoms with Crippen LogP contribution in [0.15, 0.2) is 36.2 Å². The normalized spacial score (nSPS) is 10.7. The summed E-state index contributed by atoms with van der Waals surface area (Å²) in [4.78, 5) is 0. The second kappa shape index (κ2) is 7.20. The van der Waals surface area contributed by atoms with Gasteiger partial charge in [0.1, 0.15) is 24.0 Å². The maximum Gasteiger partial charge on any atom is 0.139 e. The van der Waals surface area contributed by atoms with Gasteiger partial charge >= 0.3 is 0 Å². The van der Waals surface area contributed by atoms with Crippen LogP contribution in [0.1, 0.15) is 0 Å². The number of hydrogen-bond acceptors (Lipinski definition) is 2. The molecule has 0 aliphatic heterocycles. The van der Waals surface area contributed by atoms with E-state index in [1.807, 2.05) is 0 Å². The molecule has 0 amide bonds. The standard InChI is InChI=1S/C10H11F2NO.ClH/c11-8-1-3-10(4-2-8)14-7-9(12)5-6-13;/h1-5H,6-7,13H2;1H/b9-5+;. The van der Waals surface area contributed by atoms with E-state index >= 15 is 0 Å². The Hall–Kier alpha value is -1.13. The molecule has 1 aromatic rings. The lowest BCUT2D eigenvalue weighted by Gasteiger charge is -2.03. The molecule has 0 aromatic heterocycles. The fourth-order valence-corrected chi connectivity index (χ4v) is 0.870. The third-order valence-electron chi connectivity index (χ3n) is 1.53. The van der Waals surface area contributed by atoms with Gasteiger partial charge in [0.05, 0.1) is 0 Å². The van der Waals surface area contributed by atoms with Gasteiger partial charge in [0.15, 0.2) is 0 Å². The van der Waals surface area contributed by atoms with Crippen molar-refractivity contribution in [2.24, 2.45) is 5.73 Å². The van der Waals surface area contributed by atoms with Crippen LogP contribution in [0.2, 0.25) is 0 Å². The Morgan fingerprint density at radius 2 is 1.93 bits per heavy atom. The molecule has 1 rings (SSSR count). The van der Waals surface area contributed by atoms with Gasteiger partial charge in [-0.3, -0.25) is 0 Å². The van der Waals surface area contributed by atoms with Crippen molar-refractivity contribution in [3.63, 3.8) is 0 Å². The molecule has 0 radical (unpaired) electrons. The van der Waals surface area contributed by atoms with Crippen LogP contribution in [-0.2, 0) is 0 Å². The summed E-state index contributed by atoms with van der Waals surface area (Å²) in [6.07, 6.45) is 1.23. The molecule has 0 saturated carbocycles. The first-order valence-electron chi connectivity index (χ1n) is 4.15. The molecule has 2 N–H and O–H groups in total. The van der Waals surface area contributed by atoms with Gasteiger partial charge in [0.25, 0.3) is 0 Å². The predicted octanol–water partition coefficient (Wildman–Crippen LogP) is 2.44. The molecule has 5 heteroatoms. The van der Waals surface area contributed by atoms with Gasteiger partial charge in [-0.15, -0.1) is 12.4 Å². The Bertz CT molecular complexity index is 314.